The predicted molar refractivity (Wildman–Crippen MR) is 74.7 cm³/mol. The minimum absolute atomic E-state index is 0.0568. The molecule has 0 radical (unpaired) electrons. The van der Waals surface area contributed by atoms with Gasteiger partial charge in [-0.3, -0.25) is 9.48 Å². The molecule has 0 N–H and O–H groups in total. The van der Waals surface area contributed by atoms with Gasteiger partial charge in [0.25, 0.3) is 0 Å². The lowest BCUT2D eigenvalue weighted by Gasteiger charge is -2.25. The Balaban J connectivity index is 2.26. The van der Waals surface area contributed by atoms with Crippen LogP contribution in [0.3, 0.4) is 0 Å². The Labute approximate surface area is 116 Å². The molecule has 1 atom stereocenters. The Morgan fingerprint density at radius 1 is 1.56 bits per heavy atom. The van der Waals surface area contributed by atoms with Crippen LogP contribution < -0.4 is 0 Å². The van der Waals surface area contributed by atoms with Gasteiger partial charge in [0.1, 0.15) is 5.78 Å². The Morgan fingerprint density at radius 3 is 2.83 bits per heavy atom. The normalized spacial score (nSPS) is 24.2. The first-order chi connectivity index (χ1) is 8.42. The maximum absolute atomic E-state index is 11.6. The van der Waals surface area contributed by atoms with Crippen LogP contribution in [0.15, 0.2) is 10.7 Å². The lowest BCUT2D eigenvalue weighted by Crippen LogP contribution is -2.27. The molecule has 1 aromatic rings. The minimum Gasteiger partial charge on any atom is -0.308 e. The van der Waals surface area contributed by atoms with Gasteiger partial charge in [0.2, 0.25) is 0 Å². The molecule has 0 aromatic carbocycles. The van der Waals surface area contributed by atoms with E-state index in [1.807, 2.05) is 10.9 Å². The fourth-order valence-corrected chi connectivity index (χ4v) is 3.43. The van der Waals surface area contributed by atoms with E-state index in [1.165, 1.54) is 5.69 Å². The average molecular weight is 314 g/mol. The number of rotatable bonds is 4. The molecule has 18 heavy (non-hydrogen) atoms. The molecule has 1 saturated carbocycles. The molecule has 100 valence electrons. The smallest absolute Gasteiger partial charge is 0.133 e. The highest BCUT2D eigenvalue weighted by molar-refractivity contribution is 9.10. The van der Waals surface area contributed by atoms with Crippen LogP contribution >= 0.6 is 15.9 Å². The molecule has 0 amide bonds. The Bertz CT molecular complexity index is 455. The maximum atomic E-state index is 11.6. The van der Waals surface area contributed by atoms with E-state index in [4.69, 9.17) is 0 Å². The number of halogens is 1. The molecule has 0 spiro atoms. The van der Waals surface area contributed by atoms with E-state index in [1.54, 1.807) is 0 Å². The molecule has 1 aliphatic carbocycles. The third-order valence-corrected chi connectivity index (χ3v) is 4.25. The monoisotopic (exact) mass is 313 g/mol. The van der Waals surface area contributed by atoms with Gasteiger partial charge in [-0.15, -0.1) is 0 Å². The van der Waals surface area contributed by atoms with Gasteiger partial charge in [0, 0.05) is 24.8 Å². The summed E-state index contributed by atoms with van der Waals surface area (Å²) in [6.45, 7) is 3.98. The van der Waals surface area contributed by atoms with Crippen molar-refractivity contribution in [3.63, 3.8) is 0 Å². The molecule has 2 rings (SSSR count). The van der Waals surface area contributed by atoms with Crippen molar-refractivity contribution < 1.29 is 4.79 Å². The number of nitrogens with zero attached hydrogens (tertiary/aromatic N) is 3. The largest absolute Gasteiger partial charge is 0.308 e. The third kappa shape index (κ3) is 2.67. The lowest BCUT2D eigenvalue weighted by atomic mass is 9.85. The Hall–Kier alpha value is -0.680. The number of ketones is 1. The minimum atomic E-state index is -0.0568. The summed E-state index contributed by atoms with van der Waals surface area (Å²) in [7, 11) is 4.11. The van der Waals surface area contributed by atoms with Gasteiger partial charge < -0.3 is 4.90 Å². The van der Waals surface area contributed by atoms with Gasteiger partial charge in [-0.1, -0.05) is 6.92 Å². The van der Waals surface area contributed by atoms with Crippen LogP contribution in [0.5, 0.6) is 0 Å². The lowest BCUT2D eigenvalue weighted by molar-refractivity contribution is -0.117. The number of carbonyl (C=O) groups is 1. The summed E-state index contributed by atoms with van der Waals surface area (Å²) >= 11 is 3.58. The van der Waals surface area contributed by atoms with Gasteiger partial charge in [0.15, 0.2) is 0 Å². The number of aromatic nitrogens is 2. The average Bonchev–Trinajstić information content (AvgIpc) is 2.80. The number of hydrogen-bond acceptors (Lipinski definition) is 3. The highest BCUT2D eigenvalue weighted by Crippen LogP contribution is 2.41. The molecule has 1 aromatic heterocycles. The quantitative estimate of drug-likeness (QED) is 0.855. The van der Waals surface area contributed by atoms with Crippen LogP contribution in [-0.4, -0.2) is 41.1 Å². The van der Waals surface area contributed by atoms with Gasteiger partial charge >= 0.3 is 0 Å². The van der Waals surface area contributed by atoms with Crippen molar-refractivity contribution in [1.82, 2.24) is 14.7 Å². The summed E-state index contributed by atoms with van der Waals surface area (Å²) in [5, 5.41) is 4.43. The second-order valence-electron chi connectivity index (χ2n) is 5.64. The van der Waals surface area contributed by atoms with Crippen LogP contribution in [0, 0.1) is 0 Å². The van der Waals surface area contributed by atoms with Crippen molar-refractivity contribution in [2.75, 3.05) is 20.6 Å². The molecule has 1 fully saturated rings. The number of Topliss-reactive ketones (excluding diaryl/α,β-unsaturated/α-hetero) is 1. The predicted octanol–water partition coefficient (Wildman–Crippen LogP) is 2.22. The standard InChI is InChI=1S/C13H20BrN3O/c1-13(5-4-10(18)8-13)12-11(14)9-15-17(12)7-6-16(2)3/h9H,4-8H2,1-3H3. The molecule has 0 saturated heterocycles. The first-order valence-electron chi connectivity index (χ1n) is 6.30. The van der Waals surface area contributed by atoms with E-state index in [0.717, 1.165) is 24.0 Å². The van der Waals surface area contributed by atoms with Gasteiger partial charge in [-0.05, 0) is 36.4 Å². The molecule has 1 heterocycles. The van der Waals surface area contributed by atoms with Crippen LogP contribution in [-0.2, 0) is 16.8 Å². The van der Waals surface area contributed by atoms with E-state index in [0.29, 0.717) is 18.6 Å². The second-order valence-corrected chi connectivity index (χ2v) is 6.50. The van der Waals surface area contributed by atoms with Crippen LogP contribution in [0.25, 0.3) is 0 Å². The summed E-state index contributed by atoms with van der Waals surface area (Å²) in [6.07, 6.45) is 4.11. The molecule has 1 aliphatic rings. The molecule has 5 heteroatoms. The molecule has 4 nitrogen and oxygen atoms in total. The van der Waals surface area contributed by atoms with E-state index < -0.39 is 0 Å². The summed E-state index contributed by atoms with van der Waals surface area (Å²) in [5.74, 6) is 0.366. The zero-order chi connectivity index (χ0) is 13.3. The van der Waals surface area contributed by atoms with Crippen molar-refractivity contribution >= 4 is 21.7 Å². The van der Waals surface area contributed by atoms with E-state index in [2.05, 4.69) is 46.9 Å². The first kappa shape index (κ1) is 13.7. The Morgan fingerprint density at radius 2 is 2.28 bits per heavy atom. The number of hydrogen-bond donors (Lipinski definition) is 0. The Kier molecular flexibility index (Phi) is 3.92. The molecule has 0 aliphatic heterocycles. The zero-order valence-electron chi connectivity index (χ0n) is 11.2. The van der Waals surface area contributed by atoms with Crippen LogP contribution in [0.1, 0.15) is 31.9 Å². The van der Waals surface area contributed by atoms with Crippen molar-refractivity contribution in [2.45, 2.75) is 38.1 Å². The fourth-order valence-electron chi connectivity index (χ4n) is 2.66. The molecular formula is C13H20BrN3O. The first-order valence-corrected chi connectivity index (χ1v) is 7.10. The maximum Gasteiger partial charge on any atom is 0.133 e. The number of carbonyl (C=O) groups excluding carboxylic acids is 1. The summed E-state index contributed by atoms with van der Waals surface area (Å²) in [4.78, 5) is 13.7. The van der Waals surface area contributed by atoms with Crippen molar-refractivity contribution in [3.8, 4) is 0 Å². The van der Waals surface area contributed by atoms with E-state index in [9.17, 15) is 4.79 Å². The van der Waals surface area contributed by atoms with Gasteiger partial charge in [-0.2, -0.15) is 5.10 Å². The topological polar surface area (TPSA) is 38.1 Å². The van der Waals surface area contributed by atoms with Gasteiger partial charge in [0.05, 0.1) is 22.9 Å². The SMILES string of the molecule is CN(C)CCn1ncc(Br)c1C1(C)CCC(=O)C1. The van der Waals surface area contributed by atoms with Crippen LogP contribution in [0.4, 0.5) is 0 Å². The van der Waals surface area contributed by atoms with E-state index >= 15 is 0 Å². The summed E-state index contributed by atoms with van der Waals surface area (Å²) < 4.78 is 3.07. The third-order valence-electron chi connectivity index (χ3n) is 3.67. The van der Waals surface area contributed by atoms with E-state index in [-0.39, 0.29) is 5.41 Å². The van der Waals surface area contributed by atoms with Crippen molar-refractivity contribution in [1.29, 1.82) is 0 Å². The van der Waals surface area contributed by atoms with Crippen molar-refractivity contribution in [2.24, 2.45) is 0 Å². The fraction of sp³-hybridized carbons (Fsp3) is 0.692. The summed E-state index contributed by atoms with van der Waals surface area (Å²) in [6, 6.07) is 0. The molecular weight excluding hydrogens is 294 g/mol. The van der Waals surface area contributed by atoms with Gasteiger partial charge in [-0.25, -0.2) is 0 Å². The second kappa shape index (κ2) is 5.13. The van der Waals surface area contributed by atoms with Crippen LogP contribution in [0.2, 0.25) is 0 Å². The summed E-state index contributed by atoms with van der Waals surface area (Å²) in [5.41, 5.74) is 1.12. The van der Waals surface area contributed by atoms with Crippen molar-refractivity contribution in [3.05, 3.63) is 16.4 Å². The highest BCUT2D eigenvalue weighted by Gasteiger charge is 2.39. The number of likely N-dealkylation sites (N-methyl/N-ethyl adjacent to an activating group) is 1. The zero-order valence-corrected chi connectivity index (χ0v) is 12.8. The molecule has 0 bridgehead atoms. The molecule has 1 unspecified atom stereocenters. The highest BCUT2D eigenvalue weighted by atomic mass is 79.9.